The number of ether oxygens (including phenoxy) is 3. The molecule has 1 aromatic rings. The maximum absolute atomic E-state index is 12.5. The molecule has 9 heteroatoms. The zero-order valence-electron chi connectivity index (χ0n) is 15.8. The van der Waals surface area contributed by atoms with Gasteiger partial charge >= 0.3 is 12.3 Å². The molecule has 1 fully saturated rings. The second-order valence-electron chi connectivity index (χ2n) is 7.30. The fourth-order valence-corrected chi connectivity index (χ4v) is 2.43. The molecule has 1 heterocycles. The van der Waals surface area contributed by atoms with Gasteiger partial charge in [-0.3, -0.25) is 0 Å². The Balaban J connectivity index is 2.13. The topological polar surface area (TPSA) is 71.8 Å². The number of benzene rings is 1. The van der Waals surface area contributed by atoms with E-state index in [1.807, 2.05) is 6.07 Å². The highest BCUT2D eigenvalue weighted by Crippen LogP contribution is 2.33. The number of amides is 1. The third kappa shape index (κ3) is 6.08. The van der Waals surface area contributed by atoms with Crippen LogP contribution in [0.4, 0.5) is 18.0 Å². The molecule has 1 saturated heterocycles. The first-order valence-electron chi connectivity index (χ1n) is 8.44. The van der Waals surface area contributed by atoms with E-state index in [0.29, 0.717) is 5.57 Å². The molecule has 0 spiro atoms. The zero-order chi connectivity index (χ0) is 21.1. The lowest BCUT2D eigenvalue weighted by atomic mass is 10.2. The van der Waals surface area contributed by atoms with Gasteiger partial charge in [-0.1, -0.05) is 6.58 Å². The first-order valence-corrected chi connectivity index (χ1v) is 8.44. The molecule has 0 radical (unpaired) electrons. The van der Waals surface area contributed by atoms with Gasteiger partial charge in [-0.15, -0.1) is 0 Å². The predicted molar refractivity (Wildman–Crippen MR) is 94.1 cm³/mol. The van der Waals surface area contributed by atoms with Gasteiger partial charge in [0.25, 0.3) is 0 Å². The van der Waals surface area contributed by atoms with E-state index in [0.717, 1.165) is 0 Å². The Bertz CT molecular complexity index is 794. The van der Waals surface area contributed by atoms with Crippen LogP contribution in [0.5, 0.6) is 11.5 Å². The Morgan fingerprint density at radius 3 is 2.57 bits per heavy atom. The maximum atomic E-state index is 12.5. The van der Waals surface area contributed by atoms with Crippen molar-refractivity contribution in [2.24, 2.45) is 0 Å². The average Bonchev–Trinajstić information content (AvgIpc) is 2.92. The molecule has 152 valence electrons. The van der Waals surface area contributed by atoms with Crippen LogP contribution in [0.25, 0.3) is 0 Å². The third-order valence-corrected chi connectivity index (χ3v) is 3.62. The number of halogens is 3. The number of hydrogen-bond acceptors (Lipinski definition) is 5. The largest absolute Gasteiger partial charge is 0.480 e. The molecule has 1 atom stereocenters. The predicted octanol–water partition coefficient (Wildman–Crippen LogP) is 4.05. The van der Waals surface area contributed by atoms with E-state index in [9.17, 15) is 18.0 Å². The molecule has 28 heavy (non-hydrogen) atoms. The number of likely N-dealkylation sites (tertiary alicyclic amines) is 1. The van der Waals surface area contributed by atoms with E-state index in [-0.39, 0.29) is 30.2 Å². The van der Waals surface area contributed by atoms with E-state index < -0.39 is 30.6 Å². The quantitative estimate of drug-likeness (QED) is 0.716. The Kier molecular flexibility index (Phi) is 6.12. The van der Waals surface area contributed by atoms with E-state index in [1.165, 1.54) is 23.1 Å². The summed E-state index contributed by atoms with van der Waals surface area (Å²) in [5, 5.41) is 8.96. The molecular formula is C19H21F3N2O4. The lowest BCUT2D eigenvalue weighted by Gasteiger charge is -2.24. The zero-order valence-corrected chi connectivity index (χ0v) is 15.8. The molecule has 0 bridgehead atoms. The summed E-state index contributed by atoms with van der Waals surface area (Å²) in [6, 6.07) is 5.76. The standard InChI is InChI=1S/C19H21F3N2O4/c1-12-9-24(17(25)28-18(2,3)4)10-16(12)27-14-6-5-13(8-23)7-15(14)26-11-19(20,21)22/h5-7,16H,1,9-11H2,2-4H3. The molecule has 6 nitrogen and oxygen atoms in total. The molecule has 0 aliphatic carbocycles. The minimum atomic E-state index is -4.54. The normalized spacial score (nSPS) is 17.2. The molecule has 0 aromatic heterocycles. The van der Waals surface area contributed by atoms with Gasteiger partial charge in [0.1, 0.15) is 11.7 Å². The van der Waals surface area contributed by atoms with Crippen LogP contribution < -0.4 is 9.47 Å². The maximum Gasteiger partial charge on any atom is 0.422 e. The highest BCUT2D eigenvalue weighted by Gasteiger charge is 2.34. The van der Waals surface area contributed by atoms with Crippen molar-refractivity contribution in [3.05, 3.63) is 35.9 Å². The highest BCUT2D eigenvalue weighted by molar-refractivity contribution is 5.69. The van der Waals surface area contributed by atoms with E-state index in [4.69, 9.17) is 19.5 Å². The van der Waals surface area contributed by atoms with Crippen molar-refractivity contribution in [3.8, 4) is 17.6 Å². The first-order chi connectivity index (χ1) is 12.9. The molecule has 1 unspecified atom stereocenters. The van der Waals surface area contributed by atoms with Gasteiger partial charge in [0.2, 0.25) is 0 Å². The van der Waals surface area contributed by atoms with Crippen molar-refractivity contribution >= 4 is 6.09 Å². The van der Waals surface area contributed by atoms with Crippen LogP contribution in [0.3, 0.4) is 0 Å². The SMILES string of the molecule is C=C1CN(C(=O)OC(C)(C)C)CC1Oc1ccc(C#N)cc1OCC(F)(F)F. The van der Waals surface area contributed by atoms with E-state index in [1.54, 1.807) is 20.8 Å². The monoisotopic (exact) mass is 398 g/mol. The minimum Gasteiger partial charge on any atom is -0.480 e. The summed E-state index contributed by atoms with van der Waals surface area (Å²) in [7, 11) is 0. The van der Waals surface area contributed by atoms with Crippen molar-refractivity contribution in [2.75, 3.05) is 19.7 Å². The number of carbonyl (C=O) groups excluding carboxylic acids is 1. The molecule has 1 aliphatic heterocycles. The summed E-state index contributed by atoms with van der Waals surface area (Å²) < 4.78 is 53.3. The lowest BCUT2D eigenvalue weighted by Crippen LogP contribution is -2.36. The second-order valence-corrected chi connectivity index (χ2v) is 7.30. The van der Waals surface area contributed by atoms with Crippen LogP contribution in [0.1, 0.15) is 26.3 Å². The molecule has 0 N–H and O–H groups in total. The van der Waals surface area contributed by atoms with Crippen molar-refractivity contribution < 1.29 is 32.2 Å². The molecular weight excluding hydrogens is 377 g/mol. The number of nitriles is 1. The Morgan fingerprint density at radius 2 is 2.00 bits per heavy atom. The van der Waals surface area contributed by atoms with Crippen LogP contribution in [0, 0.1) is 11.3 Å². The van der Waals surface area contributed by atoms with Gasteiger partial charge in [-0.25, -0.2) is 4.79 Å². The van der Waals surface area contributed by atoms with Crippen molar-refractivity contribution in [1.82, 2.24) is 4.90 Å². The van der Waals surface area contributed by atoms with Gasteiger partial charge in [0.15, 0.2) is 18.1 Å². The minimum absolute atomic E-state index is 0.0282. The fourth-order valence-electron chi connectivity index (χ4n) is 2.43. The number of carbonyl (C=O) groups is 1. The van der Waals surface area contributed by atoms with Gasteiger partial charge in [0.05, 0.1) is 18.2 Å². The molecule has 0 saturated carbocycles. The van der Waals surface area contributed by atoms with E-state index in [2.05, 4.69) is 6.58 Å². The van der Waals surface area contributed by atoms with Gasteiger partial charge in [-0.2, -0.15) is 18.4 Å². The number of nitrogens with zero attached hydrogens (tertiary/aromatic N) is 2. The van der Waals surface area contributed by atoms with Gasteiger partial charge in [-0.05, 0) is 38.5 Å². The van der Waals surface area contributed by atoms with Crippen LogP contribution >= 0.6 is 0 Å². The summed E-state index contributed by atoms with van der Waals surface area (Å²) in [6.45, 7) is 7.90. The summed E-state index contributed by atoms with van der Waals surface area (Å²) in [6.07, 6.45) is -5.72. The lowest BCUT2D eigenvalue weighted by molar-refractivity contribution is -0.153. The first kappa shape index (κ1) is 21.4. The van der Waals surface area contributed by atoms with Crippen molar-refractivity contribution in [3.63, 3.8) is 0 Å². The molecule has 2 rings (SSSR count). The number of hydrogen-bond donors (Lipinski definition) is 0. The van der Waals surface area contributed by atoms with Crippen LogP contribution in [-0.4, -0.2) is 48.6 Å². The Hall–Kier alpha value is -2.89. The smallest absolute Gasteiger partial charge is 0.422 e. The van der Waals surface area contributed by atoms with E-state index >= 15 is 0 Å². The third-order valence-electron chi connectivity index (χ3n) is 3.62. The summed E-state index contributed by atoms with van der Waals surface area (Å²) in [5.74, 6) is -0.180. The Labute approximate surface area is 161 Å². The van der Waals surface area contributed by atoms with Crippen LogP contribution in [-0.2, 0) is 4.74 Å². The highest BCUT2D eigenvalue weighted by atomic mass is 19.4. The average molecular weight is 398 g/mol. The van der Waals surface area contributed by atoms with Crippen LogP contribution in [0.15, 0.2) is 30.4 Å². The van der Waals surface area contributed by atoms with Crippen molar-refractivity contribution in [2.45, 2.75) is 38.7 Å². The summed E-state index contributed by atoms with van der Waals surface area (Å²) >= 11 is 0. The number of rotatable bonds is 4. The summed E-state index contributed by atoms with van der Waals surface area (Å²) in [5.41, 5.74) is 0.0328. The summed E-state index contributed by atoms with van der Waals surface area (Å²) in [4.78, 5) is 13.6. The molecule has 1 aromatic carbocycles. The Morgan fingerprint density at radius 1 is 1.32 bits per heavy atom. The van der Waals surface area contributed by atoms with Gasteiger partial charge in [0, 0.05) is 12.6 Å². The van der Waals surface area contributed by atoms with Crippen LogP contribution in [0.2, 0.25) is 0 Å². The second kappa shape index (κ2) is 8.00. The number of alkyl halides is 3. The molecule has 1 amide bonds. The fraction of sp³-hybridized carbons (Fsp3) is 0.474. The van der Waals surface area contributed by atoms with Gasteiger partial charge < -0.3 is 19.1 Å². The van der Waals surface area contributed by atoms with Crippen molar-refractivity contribution in [1.29, 1.82) is 5.26 Å². The molecule has 1 aliphatic rings.